The second-order valence-electron chi connectivity index (χ2n) is 6.67. The van der Waals surface area contributed by atoms with E-state index in [2.05, 4.69) is 29.2 Å². The Kier molecular flexibility index (Phi) is 5.17. The fraction of sp³-hybridized carbons (Fsp3) is 0.647. The van der Waals surface area contributed by atoms with Gasteiger partial charge in [0.15, 0.2) is 6.10 Å². The van der Waals surface area contributed by atoms with Crippen LogP contribution in [0.3, 0.4) is 0 Å². The van der Waals surface area contributed by atoms with Crippen molar-refractivity contribution in [1.29, 1.82) is 0 Å². The van der Waals surface area contributed by atoms with E-state index in [-0.39, 0.29) is 23.5 Å². The van der Waals surface area contributed by atoms with Gasteiger partial charge in [0.2, 0.25) is 17.5 Å². The summed E-state index contributed by atoms with van der Waals surface area (Å²) in [4.78, 5) is 14.4. The Morgan fingerprint density at radius 3 is 2.84 bits per heavy atom. The van der Waals surface area contributed by atoms with Crippen LogP contribution >= 0.6 is 0 Å². The van der Waals surface area contributed by atoms with E-state index < -0.39 is 6.10 Å². The molecule has 1 fully saturated rings. The molecular weight excluding hydrogens is 324 g/mol. The fourth-order valence-corrected chi connectivity index (χ4v) is 2.58. The second-order valence-corrected chi connectivity index (χ2v) is 6.67. The van der Waals surface area contributed by atoms with Crippen LogP contribution in [0.25, 0.3) is 0 Å². The summed E-state index contributed by atoms with van der Waals surface area (Å²) < 4.78 is 16.6. The molecular formula is C17H24N4O4. The van der Waals surface area contributed by atoms with Crippen molar-refractivity contribution in [3.05, 3.63) is 29.3 Å². The number of ether oxygens (including phenoxy) is 1. The molecule has 8 heteroatoms. The summed E-state index contributed by atoms with van der Waals surface area (Å²) in [5, 5.41) is 12.1. The van der Waals surface area contributed by atoms with Crippen LogP contribution in [0, 0.1) is 0 Å². The Labute approximate surface area is 146 Å². The third kappa shape index (κ3) is 3.73. The number of amides is 1. The van der Waals surface area contributed by atoms with Gasteiger partial charge < -0.3 is 18.6 Å². The lowest BCUT2D eigenvalue weighted by Crippen LogP contribution is -2.42. The Morgan fingerprint density at radius 1 is 1.36 bits per heavy atom. The molecule has 1 amide bonds. The average Bonchev–Trinajstić information content (AvgIpc) is 3.30. The number of nitrogens with zero attached hydrogens (tertiary/aromatic N) is 4. The molecule has 8 nitrogen and oxygen atoms in total. The highest BCUT2D eigenvalue weighted by molar-refractivity contribution is 5.91. The quantitative estimate of drug-likeness (QED) is 0.820. The van der Waals surface area contributed by atoms with Crippen LogP contribution in [-0.4, -0.2) is 45.9 Å². The minimum absolute atomic E-state index is 0.149. The highest BCUT2D eigenvalue weighted by atomic mass is 16.5. The first-order valence-electron chi connectivity index (χ1n) is 8.70. The number of hydrogen-bond donors (Lipinski definition) is 0. The van der Waals surface area contributed by atoms with Gasteiger partial charge in [-0.3, -0.25) is 4.79 Å². The van der Waals surface area contributed by atoms with E-state index in [9.17, 15) is 4.79 Å². The molecule has 0 spiro atoms. The SMILES string of the molecule is CC[C@H](C)c1cc(C(=O)N2CCO[C@H](c3nnc(C(C)C)o3)C2)on1. The average molecular weight is 348 g/mol. The Bertz CT molecular complexity index is 724. The maximum atomic E-state index is 12.7. The molecule has 0 aromatic carbocycles. The van der Waals surface area contributed by atoms with Crippen molar-refractivity contribution < 1.29 is 18.5 Å². The second kappa shape index (κ2) is 7.35. The Balaban J connectivity index is 1.70. The van der Waals surface area contributed by atoms with Crippen molar-refractivity contribution >= 4 is 5.91 Å². The summed E-state index contributed by atoms with van der Waals surface area (Å²) in [6, 6.07) is 1.73. The third-order valence-electron chi connectivity index (χ3n) is 4.44. The zero-order chi connectivity index (χ0) is 18.0. The van der Waals surface area contributed by atoms with Crippen LogP contribution in [0.1, 0.15) is 80.1 Å². The molecule has 0 radical (unpaired) electrons. The summed E-state index contributed by atoms with van der Waals surface area (Å²) in [6.45, 7) is 9.32. The van der Waals surface area contributed by atoms with Crippen LogP contribution in [0.15, 0.2) is 15.0 Å². The summed E-state index contributed by atoms with van der Waals surface area (Å²) in [5.41, 5.74) is 0.800. The van der Waals surface area contributed by atoms with Crippen molar-refractivity contribution in [2.75, 3.05) is 19.7 Å². The van der Waals surface area contributed by atoms with Gasteiger partial charge in [0, 0.05) is 24.4 Å². The molecule has 3 heterocycles. The van der Waals surface area contributed by atoms with Crippen molar-refractivity contribution in [1.82, 2.24) is 20.3 Å². The maximum absolute atomic E-state index is 12.7. The number of aromatic nitrogens is 3. The number of carbonyl (C=O) groups excluding carboxylic acids is 1. The van der Waals surface area contributed by atoms with Crippen LogP contribution in [-0.2, 0) is 4.74 Å². The minimum atomic E-state index is -0.422. The molecule has 1 saturated heterocycles. The molecule has 3 rings (SSSR count). The van der Waals surface area contributed by atoms with Gasteiger partial charge in [-0.1, -0.05) is 32.9 Å². The Hall–Kier alpha value is -2.22. The molecule has 1 aliphatic heterocycles. The lowest BCUT2D eigenvalue weighted by Gasteiger charge is -2.30. The number of hydrogen-bond acceptors (Lipinski definition) is 7. The Morgan fingerprint density at radius 2 is 2.16 bits per heavy atom. The van der Waals surface area contributed by atoms with E-state index in [1.807, 2.05) is 13.8 Å². The highest BCUT2D eigenvalue weighted by Gasteiger charge is 2.31. The van der Waals surface area contributed by atoms with E-state index in [1.165, 1.54) is 0 Å². The van der Waals surface area contributed by atoms with Crippen LogP contribution in [0.2, 0.25) is 0 Å². The first kappa shape index (κ1) is 17.6. The van der Waals surface area contributed by atoms with Gasteiger partial charge in [0.05, 0.1) is 18.8 Å². The predicted octanol–water partition coefficient (Wildman–Crippen LogP) is 2.91. The highest BCUT2D eigenvalue weighted by Crippen LogP contribution is 2.25. The van der Waals surface area contributed by atoms with E-state index in [1.54, 1.807) is 11.0 Å². The molecule has 136 valence electrons. The largest absolute Gasteiger partial charge is 0.422 e. The molecule has 0 saturated carbocycles. The van der Waals surface area contributed by atoms with Gasteiger partial charge in [-0.05, 0) is 6.42 Å². The molecule has 2 atom stereocenters. The van der Waals surface area contributed by atoms with Gasteiger partial charge in [0.25, 0.3) is 5.91 Å². The van der Waals surface area contributed by atoms with Crippen molar-refractivity contribution in [3.63, 3.8) is 0 Å². The van der Waals surface area contributed by atoms with Crippen LogP contribution in [0.5, 0.6) is 0 Å². The third-order valence-corrected chi connectivity index (χ3v) is 4.44. The summed E-state index contributed by atoms with van der Waals surface area (Å²) in [6.07, 6.45) is 0.518. The van der Waals surface area contributed by atoms with Gasteiger partial charge >= 0.3 is 0 Å². The van der Waals surface area contributed by atoms with E-state index in [0.717, 1.165) is 12.1 Å². The van der Waals surface area contributed by atoms with Crippen molar-refractivity contribution in [2.45, 2.75) is 52.1 Å². The van der Waals surface area contributed by atoms with Crippen molar-refractivity contribution in [3.8, 4) is 0 Å². The summed E-state index contributed by atoms with van der Waals surface area (Å²) in [5.74, 6) is 1.43. The van der Waals surface area contributed by atoms with Crippen LogP contribution < -0.4 is 0 Å². The van der Waals surface area contributed by atoms with Gasteiger partial charge in [-0.25, -0.2) is 0 Å². The molecule has 0 bridgehead atoms. The predicted molar refractivity (Wildman–Crippen MR) is 88.2 cm³/mol. The molecule has 0 unspecified atom stereocenters. The molecule has 0 N–H and O–H groups in total. The van der Waals surface area contributed by atoms with Gasteiger partial charge in [-0.2, -0.15) is 0 Å². The van der Waals surface area contributed by atoms with E-state index in [4.69, 9.17) is 13.7 Å². The molecule has 1 aliphatic rings. The summed E-state index contributed by atoms with van der Waals surface area (Å²) in [7, 11) is 0. The number of carbonyl (C=O) groups is 1. The first-order chi connectivity index (χ1) is 12.0. The first-order valence-corrected chi connectivity index (χ1v) is 8.70. The fourth-order valence-electron chi connectivity index (χ4n) is 2.58. The lowest BCUT2D eigenvalue weighted by atomic mass is 10.1. The van der Waals surface area contributed by atoms with Gasteiger partial charge in [-0.15, -0.1) is 10.2 Å². The van der Waals surface area contributed by atoms with Crippen LogP contribution in [0.4, 0.5) is 0 Å². The topological polar surface area (TPSA) is 94.5 Å². The number of rotatable bonds is 5. The monoisotopic (exact) mass is 348 g/mol. The minimum Gasteiger partial charge on any atom is -0.422 e. The molecule has 2 aromatic rings. The van der Waals surface area contributed by atoms with E-state index in [0.29, 0.717) is 31.5 Å². The smallest absolute Gasteiger partial charge is 0.292 e. The lowest BCUT2D eigenvalue weighted by molar-refractivity contribution is -0.0360. The maximum Gasteiger partial charge on any atom is 0.292 e. The molecule has 25 heavy (non-hydrogen) atoms. The summed E-state index contributed by atoms with van der Waals surface area (Å²) >= 11 is 0. The van der Waals surface area contributed by atoms with Crippen molar-refractivity contribution in [2.24, 2.45) is 0 Å². The van der Waals surface area contributed by atoms with Gasteiger partial charge in [0.1, 0.15) is 0 Å². The number of morpholine rings is 1. The normalized spacial score (nSPS) is 19.4. The van der Waals surface area contributed by atoms with E-state index >= 15 is 0 Å². The molecule has 0 aliphatic carbocycles. The zero-order valence-electron chi connectivity index (χ0n) is 15.1. The standard InChI is InChI=1S/C17H24N4O4/c1-5-11(4)12-8-13(25-20-12)17(22)21-6-7-23-14(9-21)16-19-18-15(24-16)10(2)3/h8,10-11,14H,5-7,9H2,1-4H3/t11-,14-/m0/s1. The zero-order valence-corrected chi connectivity index (χ0v) is 15.1. The molecule has 2 aromatic heterocycles.